The van der Waals surface area contributed by atoms with E-state index in [4.69, 9.17) is 14.2 Å². The van der Waals surface area contributed by atoms with Gasteiger partial charge in [0.05, 0.1) is 26.4 Å². The van der Waals surface area contributed by atoms with Gasteiger partial charge in [0.25, 0.3) is 0 Å². The van der Waals surface area contributed by atoms with Crippen LogP contribution in [0.5, 0.6) is 0 Å². The molecular weight excluding hydrogens is 284 g/mol. The highest BCUT2D eigenvalue weighted by Crippen LogP contribution is 2.17. The van der Waals surface area contributed by atoms with Crippen molar-refractivity contribution in [1.82, 2.24) is 0 Å². The van der Waals surface area contributed by atoms with Gasteiger partial charge in [0.2, 0.25) is 0 Å². The lowest BCUT2D eigenvalue weighted by atomic mass is 9.96. The fourth-order valence-corrected chi connectivity index (χ4v) is 2.23. The molecule has 1 atom stereocenters. The summed E-state index contributed by atoms with van der Waals surface area (Å²) < 4.78 is 15.7. The number of halogens is 1. The maximum atomic E-state index is 5.54. The Balaban J connectivity index is 3.25. The normalized spacial score (nSPS) is 13.2. The molecule has 0 aromatic heterocycles. The molecule has 17 heavy (non-hydrogen) atoms. The number of ether oxygens (including phenoxy) is 3. The first-order chi connectivity index (χ1) is 8.20. The molecule has 0 aromatic carbocycles. The Morgan fingerprint density at radius 2 is 1.53 bits per heavy atom. The summed E-state index contributed by atoms with van der Waals surface area (Å²) in [6.07, 6.45) is 2.39. The third-order valence-electron chi connectivity index (χ3n) is 2.50. The first-order valence-electron chi connectivity index (χ1n) is 6.41. The Bertz CT molecular complexity index is 154. The molecule has 0 aromatic rings. The van der Waals surface area contributed by atoms with E-state index in [1.165, 1.54) is 6.42 Å². The van der Waals surface area contributed by atoms with E-state index in [1.54, 1.807) is 7.11 Å². The van der Waals surface area contributed by atoms with Crippen LogP contribution in [0, 0.1) is 11.8 Å². The predicted molar refractivity (Wildman–Crippen MR) is 74.9 cm³/mol. The number of rotatable bonds is 12. The summed E-state index contributed by atoms with van der Waals surface area (Å²) in [5.74, 6) is 1.49. The third kappa shape index (κ3) is 12.6. The number of hydrogen-bond acceptors (Lipinski definition) is 3. The van der Waals surface area contributed by atoms with Crippen molar-refractivity contribution in [1.29, 1.82) is 0 Å². The highest BCUT2D eigenvalue weighted by molar-refractivity contribution is 9.09. The van der Waals surface area contributed by atoms with Crippen LogP contribution < -0.4 is 0 Å². The molecule has 4 heteroatoms. The van der Waals surface area contributed by atoms with Crippen molar-refractivity contribution in [2.75, 3.05) is 45.5 Å². The van der Waals surface area contributed by atoms with E-state index in [1.807, 2.05) is 0 Å². The van der Waals surface area contributed by atoms with Crippen molar-refractivity contribution in [3.63, 3.8) is 0 Å². The highest BCUT2D eigenvalue weighted by Gasteiger charge is 2.09. The lowest BCUT2D eigenvalue weighted by Gasteiger charge is -2.16. The topological polar surface area (TPSA) is 27.7 Å². The summed E-state index contributed by atoms with van der Waals surface area (Å²) in [5, 5.41) is 1.07. The summed E-state index contributed by atoms with van der Waals surface area (Å²) in [7, 11) is 1.68. The van der Waals surface area contributed by atoms with Crippen molar-refractivity contribution in [2.45, 2.75) is 26.7 Å². The van der Waals surface area contributed by atoms with Gasteiger partial charge in [0.1, 0.15) is 0 Å². The first-order valence-corrected chi connectivity index (χ1v) is 7.53. The molecule has 0 fully saturated rings. The average Bonchev–Trinajstić information content (AvgIpc) is 2.30. The van der Waals surface area contributed by atoms with Crippen LogP contribution in [-0.2, 0) is 14.2 Å². The van der Waals surface area contributed by atoms with E-state index in [0.29, 0.717) is 26.4 Å². The number of methoxy groups -OCH3 is 1. The summed E-state index contributed by atoms with van der Waals surface area (Å²) in [4.78, 5) is 0. The second-order valence-corrected chi connectivity index (χ2v) is 5.30. The maximum absolute atomic E-state index is 5.54. The molecule has 0 radical (unpaired) electrons. The van der Waals surface area contributed by atoms with E-state index < -0.39 is 0 Å². The van der Waals surface area contributed by atoms with Crippen molar-refractivity contribution >= 4 is 15.9 Å². The Morgan fingerprint density at radius 3 is 2.06 bits per heavy atom. The van der Waals surface area contributed by atoms with Gasteiger partial charge in [-0.3, -0.25) is 0 Å². The second-order valence-electron chi connectivity index (χ2n) is 4.66. The molecule has 1 unspecified atom stereocenters. The van der Waals surface area contributed by atoms with Gasteiger partial charge in [-0.1, -0.05) is 29.8 Å². The van der Waals surface area contributed by atoms with Crippen LogP contribution in [0.1, 0.15) is 26.7 Å². The molecule has 0 heterocycles. The molecule has 0 saturated heterocycles. The van der Waals surface area contributed by atoms with Crippen molar-refractivity contribution in [3.8, 4) is 0 Å². The molecule has 0 aliphatic heterocycles. The fourth-order valence-electron chi connectivity index (χ4n) is 1.64. The van der Waals surface area contributed by atoms with Crippen LogP contribution in [0.25, 0.3) is 0 Å². The predicted octanol–water partition coefficient (Wildman–Crippen LogP) is 3.11. The van der Waals surface area contributed by atoms with Gasteiger partial charge in [-0.05, 0) is 24.7 Å². The maximum Gasteiger partial charge on any atom is 0.0701 e. The standard InChI is InChI=1S/C13H27BrO3/c1-12(2)10-13(11-14)4-5-16-8-9-17-7-6-15-3/h12-13H,4-11H2,1-3H3. The Labute approximate surface area is 114 Å². The zero-order valence-electron chi connectivity index (χ0n) is 11.4. The van der Waals surface area contributed by atoms with Gasteiger partial charge in [0, 0.05) is 19.0 Å². The van der Waals surface area contributed by atoms with Crippen LogP contribution in [0.15, 0.2) is 0 Å². The van der Waals surface area contributed by atoms with Crippen LogP contribution in [0.4, 0.5) is 0 Å². The van der Waals surface area contributed by atoms with Crippen molar-refractivity contribution in [2.24, 2.45) is 11.8 Å². The van der Waals surface area contributed by atoms with Gasteiger partial charge in [-0.15, -0.1) is 0 Å². The number of alkyl halides is 1. The van der Waals surface area contributed by atoms with E-state index in [2.05, 4.69) is 29.8 Å². The van der Waals surface area contributed by atoms with E-state index >= 15 is 0 Å². The summed E-state index contributed by atoms with van der Waals surface area (Å²) >= 11 is 3.56. The minimum Gasteiger partial charge on any atom is -0.382 e. The monoisotopic (exact) mass is 310 g/mol. The van der Waals surface area contributed by atoms with Gasteiger partial charge in [-0.25, -0.2) is 0 Å². The molecule has 3 nitrogen and oxygen atoms in total. The molecular formula is C13H27BrO3. The quantitative estimate of drug-likeness (QED) is 0.409. The highest BCUT2D eigenvalue weighted by atomic mass is 79.9. The van der Waals surface area contributed by atoms with Gasteiger partial charge in [-0.2, -0.15) is 0 Å². The van der Waals surface area contributed by atoms with Crippen molar-refractivity contribution in [3.05, 3.63) is 0 Å². The Morgan fingerprint density at radius 1 is 0.941 bits per heavy atom. The fraction of sp³-hybridized carbons (Fsp3) is 1.00. The largest absolute Gasteiger partial charge is 0.382 e. The zero-order valence-corrected chi connectivity index (χ0v) is 13.0. The minimum atomic E-state index is 0.650. The Hall–Kier alpha value is 0.360. The van der Waals surface area contributed by atoms with E-state index in [0.717, 1.165) is 30.2 Å². The van der Waals surface area contributed by atoms with Crippen LogP contribution in [-0.4, -0.2) is 45.5 Å². The molecule has 0 amide bonds. The van der Waals surface area contributed by atoms with Crippen LogP contribution in [0.3, 0.4) is 0 Å². The molecule has 0 N–H and O–H groups in total. The molecule has 0 bridgehead atoms. The summed E-state index contributed by atoms with van der Waals surface area (Å²) in [5.41, 5.74) is 0. The smallest absolute Gasteiger partial charge is 0.0701 e. The van der Waals surface area contributed by atoms with Crippen LogP contribution >= 0.6 is 15.9 Å². The van der Waals surface area contributed by atoms with Gasteiger partial charge < -0.3 is 14.2 Å². The minimum absolute atomic E-state index is 0.650. The molecule has 0 aliphatic rings. The molecule has 0 rings (SSSR count). The second kappa shape index (κ2) is 12.8. The van der Waals surface area contributed by atoms with Gasteiger partial charge >= 0.3 is 0 Å². The first kappa shape index (κ1) is 17.4. The number of hydrogen-bond donors (Lipinski definition) is 0. The van der Waals surface area contributed by atoms with E-state index in [-0.39, 0.29) is 0 Å². The molecule has 0 saturated carbocycles. The van der Waals surface area contributed by atoms with Crippen molar-refractivity contribution < 1.29 is 14.2 Å². The molecule has 104 valence electrons. The zero-order chi connectivity index (χ0) is 12.9. The van der Waals surface area contributed by atoms with Crippen LogP contribution in [0.2, 0.25) is 0 Å². The molecule has 0 spiro atoms. The SMILES string of the molecule is COCCOCCOCCC(CBr)CC(C)C. The lowest BCUT2D eigenvalue weighted by molar-refractivity contribution is 0.0219. The molecule has 0 aliphatic carbocycles. The van der Waals surface area contributed by atoms with Gasteiger partial charge in [0.15, 0.2) is 0 Å². The summed E-state index contributed by atoms with van der Waals surface area (Å²) in [6.45, 7) is 8.00. The third-order valence-corrected chi connectivity index (χ3v) is 3.41. The summed E-state index contributed by atoms with van der Waals surface area (Å²) in [6, 6.07) is 0. The van der Waals surface area contributed by atoms with E-state index in [9.17, 15) is 0 Å². The Kier molecular flexibility index (Phi) is 13.1. The average molecular weight is 311 g/mol. The lowest BCUT2D eigenvalue weighted by Crippen LogP contribution is -2.12.